The van der Waals surface area contributed by atoms with Gasteiger partial charge in [0.15, 0.2) is 11.5 Å². The van der Waals surface area contributed by atoms with E-state index in [2.05, 4.69) is 0 Å². The van der Waals surface area contributed by atoms with E-state index in [1.54, 1.807) is 24.0 Å². The van der Waals surface area contributed by atoms with Crippen LogP contribution in [0, 0.1) is 0 Å². The zero-order valence-corrected chi connectivity index (χ0v) is 17.0. The lowest BCUT2D eigenvalue weighted by Crippen LogP contribution is -2.38. The molecule has 0 spiro atoms. The molecule has 0 fully saturated rings. The highest BCUT2D eigenvalue weighted by Gasteiger charge is 2.22. The highest BCUT2D eigenvalue weighted by molar-refractivity contribution is 5.96. The van der Waals surface area contributed by atoms with Crippen LogP contribution in [0.5, 0.6) is 17.2 Å². The standard InChI is InChI=1S/C19H30N2O6/c1-7-27-17(22)8-9-21(11-10-20(2)3)19(23)14-12-15(24-4)18(26-6)16(13-14)25-5/h12-13H,7-11H2,1-6H3. The normalized spacial score (nSPS) is 10.5. The molecule has 0 bridgehead atoms. The Labute approximate surface area is 160 Å². The molecule has 8 heteroatoms. The largest absolute Gasteiger partial charge is 0.493 e. The van der Waals surface area contributed by atoms with Crippen LogP contribution in [-0.2, 0) is 9.53 Å². The zero-order valence-electron chi connectivity index (χ0n) is 17.0. The fraction of sp³-hybridized carbons (Fsp3) is 0.579. The van der Waals surface area contributed by atoms with Crippen LogP contribution >= 0.6 is 0 Å². The highest BCUT2D eigenvalue weighted by Crippen LogP contribution is 2.38. The van der Waals surface area contributed by atoms with Gasteiger partial charge >= 0.3 is 5.97 Å². The number of carbonyl (C=O) groups is 2. The molecule has 1 amide bonds. The van der Waals surface area contributed by atoms with Crippen molar-refractivity contribution in [2.45, 2.75) is 13.3 Å². The number of carbonyl (C=O) groups excluding carboxylic acids is 2. The van der Waals surface area contributed by atoms with E-state index in [-0.39, 0.29) is 24.8 Å². The summed E-state index contributed by atoms with van der Waals surface area (Å²) < 4.78 is 20.9. The maximum absolute atomic E-state index is 13.1. The number of amides is 1. The van der Waals surface area contributed by atoms with Gasteiger partial charge in [0, 0.05) is 25.2 Å². The molecule has 8 nitrogen and oxygen atoms in total. The summed E-state index contributed by atoms with van der Waals surface area (Å²) in [6.45, 7) is 3.48. The summed E-state index contributed by atoms with van der Waals surface area (Å²) >= 11 is 0. The Hall–Kier alpha value is -2.48. The number of benzene rings is 1. The maximum atomic E-state index is 13.1. The number of likely N-dealkylation sites (N-methyl/N-ethyl adjacent to an activating group) is 1. The Morgan fingerprint density at radius 2 is 1.52 bits per heavy atom. The summed E-state index contributed by atoms with van der Waals surface area (Å²) in [4.78, 5) is 28.4. The van der Waals surface area contributed by atoms with Crippen LogP contribution in [-0.4, -0.2) is 83.3 Å². The van der Waals surface area contributed by atoms with Crippen molar-refractivity contribution in [1.82, 2.24) is 9.80 Å². The second-order valence-electron chi connectivity index (χ2n) is 6.06. The van der Waals surface area contributed by atoms with Crippen molar-refractivity contribution in [2.75, 3.05) is 61.7 Å². The smallest absolute Gasteiger partial charge is 0.307 e. The summed E-state index contributed by atoms with van der Waals surface area (Å²) in [5.41, 5.74) is 0.395. The number of nitrogens with zero attached hydrogens (tertiary/aromatic N) is 2. The molecule has 27 heavy (non-hydrogen) atoms. The fourth-order valence-electron chi connectivity index (χ4n) is 2.48. The minimum atomic E-state index is -0.329. The minimum absolute atomic E-state index is 0.136. The highest BCUT2D eigenvalue weighted by atomic mass is 16.5. The number of hydrogen-bond donors (Lipinski definition) is 0. The summed E-state index contributed by atoms with van der Waals surface area (Å²) in [6.07, 6.45) is 0.136. The maximum Gasteiger partial charge on any atom is 0.307 e. The summed E-state index contributed by atoms with van der Waals surface area (Å²) in [7, 11) is 8.34. The molecule has 0 aromatic heterocycles. The van der Waals surface area contributed by atoms with Gasteiger partial charge in [0.25, 0.3) is 5.91 Å². The lowest BCUT2D eigenvalue weighted by Gasteiger charge is -2.25. The molecule has 0 aliphatic heterocycles. The number of ether oxygens (including phenoxy) is 4. The van der Waals surface area contributed by atoms with E-state index < -0.39 is 0 Å². The van der Waals surface area contributed by atoms with E-state index in [0.717, 1.165) is 0 Å². The molecule has 0 radical (unpaired) electrons. The molecule has 1 aromatic rings. The molecular weight excluding hydrogens is 352 g/mol. The molecular formula is C19H30N2O6. The van der Waals surface area contributed by atoms with Gasteiger partial charge in [-0.3, -0.25) is 9.59 Å². The van der Waals surface area contributed by atoms with Crippen molar-refractivity contribution in [1.29, 1.82) is 0 Å². The van der Waals surface area contributed by atoms with Crippen molar-refractivity contribution < 1.29 is 28.5 Å². The predicted octanol–water partition coefficient (Wildman–Crippen LogP) is 1.67. The van der Waals surface area contributed by atoms with Crippen LogP contribution in [0.4, 0.5) is 0 Å². The van der Waals surface area contributed by atoms with Crippen molar-refractivity contribution in [3.8, 4) is 17.2 Å². The monoisotopic (exact) mass is 382 g/mol. The van der Waals surface area contributed by atoms with Crippen molar-refractivity contribution >= 4 is 11.9 Å². The Bertz CT molecular complexity index is 608. The van der Waals surface area contributed by atoms with Crippen LogP contribution in [0.25, 0.3) is 0 Å². The fourth-order valence-corrected chi connectivity index (χ4v) is 2.48. The van der Waals surface area contributed by atoms with E-state index in [9.17, 15) is 9.59 Å². The molecule has 0 heterocycles. The van der Waals surface area contributed by atoms with E-state index >= 15 is 0 Å². The Morgan fingerprint density at radius 3 is 1.96 bits per heavy atom. The van der Waals surface area contributed by atoms with E-state index in [1.807, 2.05) is 19.0 Å². The number of esters is 1. The van der Waals surface area contributed by atoms with Gasteiger partial charge in [-0.1, -0.05) is 0 Å². The molecule has 152 valence electrons. The van der Waals surface area contributed by atoms with Crippen molar-refractivity contribution in [3.05, 3.63) is 17.7 Å². The van der Waals surface area contributed by atoms with Gasteiger partial charge in [0.05, 0.1) is 34.4 Å². The van der Waals surface area contributed by atoms with E-state index in [4.69, 9.17) is 18.9 Å². The van der Waals surface area contributed by atoms with Gasteiger partial charge in [-0.25, -0.2) is 0 Å². The molecule has 0 atom stereocenters. The third-order valence-corrected chi connectivity index (χ3v) is 3.91. The van der Waals surface area contributed by atoms with Crippen LogP contribution in [0.15, 0.2) is 12.1 Å². The first kappa shape index (κ1) is 22.6. The van der Waals surface area contributed by atoms with Crippen molar-refractivity contribution in [3.63, 3.8) is 0 Å². The topological polar surface area (TPSA) is 77.5 Å². The van der Waals surface area contributed by atoms with Crippen LogP contribution in [0.2, 0.25) is 0 Å². The first-order valence-electron chi connectivity index (χ1n) is 8.77. The lowest BCUT2D eigenvalue weighted by atomic mass is 10.1. The van der Waals surface area contributed by atoms with Gasteiger partial charge in [0.1, 0.15) is 0 Å². The zero-order chi connectivity index (χ0) is 20.4. The van der Waals surface area contributed by atoms with Gasteiger partial charge in [-0.15, -0.1) is 0 Å². The Morgan fingerprint density at radius 1 is 0.926 bits per heavy atom. The third kappa shape index (κ3) is 6.63. The second kappa shape index (κ2) is 11.3. The SMILES string of the molecule is CCOC(=O)CCN(CCN(C)C)C(=O)c1cc(OC)c(OC)c(OC)c1. The Kier molecular flexibility index (Phi) is 9.42. The molecule has 0 saturated heterocycles. The van der Waals surface area contributed by atoms with Crippen LogP contribution < -0.4 is 14.2 Å². The van der Waals surface area contributed by atoms with Crippen LogP contribution in [0.1, 0.15) is 23.7 Å². The Balaban J connectivity index is 3.09. The molecule has 0 aliphatic carbocycles. The lowest BCUT2D eigenvalue weighted by molar-refractivity contribution is -0.143. The molecule has 1 rings (SSSR count). The van der Waals surface area contributed by atoms with Crippen LogP contribution in [0.3, 0.4) is 0 Å². The summed E-state index contributed by atoms with van der Waals surface area (Å²) in [6, 6.07) is 3.22. The summed E-state index contributed by atoms with van der Waals surface area (Å²) in [5, 5.41) is 0. The first-order chi connectivity index (χ1) is 12.9. The van der Waals surface area contributed by atoms with Gasteiger partial charge in [0.2, 0.25) is 5.75 Å². The molecule has 0 aliphatic rings. The van der Waals surface area contributed by atoms with E-state index in [0.29, 0.717) is 42.5 Å². The quantitative estimate of drug-likeness (QED) is 0.539. The summed E-state index contributed by atoms with van der Waals surface area (Å²) in [5.74, 6) is 0.671. The van der Waals surface area contributed by atoms with Gasteiger partial charge in [-0.05, 0) is 33.2 Å². The molecule has 0 saturated carbocycles. The number of methoxy groups -OCH3 is 3. The van der Waals surface area contributed by atoms with Gasteiger partial charge < -0.3 is 28.7 Å². The molecule has 0 unspecified atom stereocenters. The average Bonchev–Trinajstić information content (AvgIpc) is 2.66. The molecule has 0 N–H and O–H groups in total. The number of hydrogen-bond acceptors (Lipinski definition) is 7. The van der Waals surface area contributed by atoms with Crippen molar-refractivity contribution in [2.24, 2.45) is 0 Å². The average molecular weight is 382 g/mol. The minimum Gasteiger partial charge on any atom is -0.493 e. The molecule has 1 aromatic carbocycles. The van der Waals surface area contributed by atoms with E-state index in [1.165, 1.54) is 21.3 Å². The second-order valence-corrected chi connectivity index (χ2v) is 6.06. The predicted molar refractivity (Wildman–Crippen MR) is 102 cm³/mol. The van der Waals surface area contributed by atoms with Gasteiger partial charge in [-0.2, -0.15) is 0 Å². The third-order valence-electron chi connectivity index (χ3n) is 3.91. The first-order valence-corrected chi connectivity index (χ1v) is 8.77. The number of rotatable bonds is 11.